The van der Waals surface area contributed by atoms with Crippen molar-refractivity contribution in [2.45, 2.75) is 24.8 Å². The second kappa shape index (κ2) is 4.85. The second-order valence-electron chi connectivity index (χ2n) is 4.54. The molecular formula is C13H17NO3. The minimum Gasteiger partial charge on any atom is -0.508 e. The molecule has 0 unspecified atom stereocenters. The lowest BCUT2D eigenvalue weighted by atomic mass is 9.84. The molecule has 0 atom stereocenters. The summed E-state index contributed by atoms with van der Waals surface area (Å²) < 4.78 is 5.21. The molecule has 4 nitrogen and oxygen atoms in total. The number of benzene rings is 1. The summed E-state index contributed by atoms with van der Waals surface area (Å²) in [5, 5.41) is 9.34. The molecule has 0 saturated carbocycles. The summed E-state index contributed by atoms with van der Waals surface area (Å²) in [6.45, 7) is 1.09. The van der Waals surface area contributed by atoms with Gasteiger partial charge in [0.05, 0.1) is 5.54 Å². The maximum Gasteiger partial charge on any atom is 0.157 e. The lowest BCUT2D eigenvalue weighted by Crippen LogP contribution is -2.52. The number of rotatable bonds is 3. The van der Waals surface area contributed by atoms with Crippen molar-refractivity contribution in [3.05, 3.63) is 29.8 Å². The number of carbonyl (C=O) groups is 1. The monoisotopic (exact) mass is 235 g/mol. The van der Waals surface area contributed by atoms with E-state index in [0.29, 0.717) is 26.1 Å². The highest BCUT2D eigenvalue weighted by Gasteiger charge is 2.35. The first-order valence-corrected chi connectivity index (χ1v) is 5.78. The van der Waals surface area contributed by atoms with Gasteiger partial charge >= 0.3 is 0 Å². The van der Waals surface area contributed by atoms with Gasteiger partial charge in [0.2, 0.25) is 0 Å². The van der Waals surface area contributed by atoms with Gasteiger partial charge in [-0.05, 0) is 30.5 Å². The first-order valence-electron chi connectivity index (χ1n) is 5.78. The fraction of sp³-hybridized carbons (Fsp3) is 0.462. The summed E-state index contributed by atoms with van der Waals surface area (Å²) in [5.41, 5.74) is 6.13. The van der Waals surface area contributed by atoms with E-state index in [1.54, 1.807) is 18.2 Å². The zero-order valence-corrected chi connectivity index (χ0v) is 9.69. The largest absolute Gasteiger partial charge is 0.508 e. The lowest BCUT2D eigenvalue weighted by molar-refractivity contribution is -0.126. The summed E-state index contributed by atoms with van der Waals surface area (Å²) in [6.07, 6.45) is 1.42. The number of aromatic hydroxyl groups is 1. The maximum absolute atomic E-state index is 12.1. The summed E-state index contributed by atoms with van der Waals surface area (Å²) >= 11 is 0. The van der Waals surface area contributed by atoms with Crippen LogP contribution in [0.2, 0.25) is 0 Å². The Morgan fingerprint density at radius 2 is 2.12 bits per heavy atom. The molecule has 17 heavy (non-hydrogen) atoms. The van der Waals surface area contributed by atoms with Gasteiger partial charge in [-0.25, -0.2) is 0 Å². The molecule has 3 N–H and O–H groups in total. The van der Waals surface area contributed by atoms with Gasteiger partial charge < -0.3 is 15.6 Å². The van der Waals surface area contributed by atoms with Crippen molar-refractivity contribution in [1.82, 2.24) is 0 Å². The van der Waals surface area contributed by atoms with Gasteiger partial charge in [-0.2, -0.15) is 0 Å². The van der Waals surface area contributed by atoms with E-state index in [1.165, 1.54) is 0 Å². The molecule has 92 valence electrons. The molecule has 1 heterocycles. The van der Waals surface area contributed by atoms with Crippen molar-refractivity contribution in [2.24, 2.45) is 5.73 Å². The Hall–Kier alpha value is -1.39. The van der Waals surface area contributed by atoms with Crippen LogP contribution < -0.4 is 5.73 Å². The summed E-state index contributed by atoms with van der Waals surface area (Å²) in [4.78, 5) is 12.1. The summed E-state index contributed by atoms with van der Waals surface area (Å²) in [5.74, 6) is 0.194. The van der Waals surface area contributed by atoms with E-state index < -0.39 is 5.54 Å². The number of Topliss-reactive ketones (excluding diaryl/α,β-unsaturated/α-hetero) is 1. The SMILES string of the molecule is NC1(C(=O)Cc2cccc(O)c2)CCOCC1. The Balaban J connectivity index is 2.05. The van der Waals surface area contributed by atoms with Crippen LogP contribution in [0.5, 0.6) is 5.75 Å². The van der Waals surface area contributed by atoms with Gasteiger partial charge in [0.25, 0.3) is 0 Å². The van der Waals surface area contributed by atoms with Gasteiger partial charge in [0.15, 0.2) is 5.78 Å². The normalized spacial score (nSPS) is 18.9. The average Bonchev–Trinajstić information content (AvgIpc) is 2.30. The summed E-state index contributed by atoms with van der Waals surface area (Å²) in [7, 11) is 0. The molecule has 1 aliphatic heterocycles. The third-order valence-corrected chi connectivity index (χ3v) is 3.22. The number of phenols is 1. The summed E-state index contributed by atoms with van der Waals surface area (Å²) in [6, 6.07) is 6.73. The molecule has 0 amide bonds. The smallest absolute Gasteiger partial charge is 0.157 e. The standard InChI is InChI=1S/C13H17NO3/c14-13(4-6-17-7-5-13)12(16)9-10-2-1-3-11(15)8-10/h1-3,8,15H,4-7,9,14H2. The first kappa shape index (κ1) is 12.1. The molecule has 1 fully saturated rings. The minimum absolute atomic E-state index is 0.0198. The quantitative estimate of drug-likeness (QED) is 0.820. The van der Waals surface area contributed by atoms with E-state index in [9.17, 15) is 9.90 Å². The number of ether oxygens (including phenoxy) is 1. The van der Waals surface area contributed by atoms with Crippen LogP contribution in [-0.4, -0.2) is 29.6 Å². The van der Waals surface area contributed by atoms with E-state index in [-0.39, 0.29) is 18.0 Å². The third-order valence-electron chi connectivity index (χ3n) is 3.22. The molecule has 1 aromatic rings. The van der Waals surface area contributed by atoms with Gasteiger partial charge in [-0.3, -0.25) is 4.79 Å². The van der Waals surface area contributed by atoms with Crippen LogP contribution in [0.1, 0.15) is 18.4 Å². The van der Waals surface area contributed by atoms with Crippen molar-refractivity contribution in [3.8, 4) is 5.75 Å². The Morgan fingerprint density at radius 3 is 2.76 bits per heavy atom. The van der Waals surface area contributed by atoms with Crippen LogP contribution in [0.3, 0.4) is 0 Å². The molecular weight excluding hydrogens is 218 g/mol. The highest BCUT2D eigenvalue weighted by atomic mass is 16.5. The molecule has 0 spiro atoms. The fourth-order valence-electron chi connectivity index (χ4n) is 2.04. The topological polar surface area (TPSA) is 72.6 Å². The van der Waals surface area contributed by atoms with Crippen LogP contribution in [0.25, 0.3) is 0 Å². The number of hydrogen-bond donors (Lipinski definition) is 2. The molecule has 1 aliphatic rings. The van der Waals surface area contributed by atoms with Gasteiger partial charge in [-0.1, -0.05) is 12.1 Å². The third kappa shape index (κ3) is 2.84. The Labute approximate surface area is 100 Å². The van der Waals surface area contributed by atoms with E-state index in [0.717, 1.165) is 5.56 Å². The molecule has 0 bridgehead atoms. The van der Waals surface area contributed by atoms with Crippen LogP contribution >= 0.6 is 0 Å². The Kier molecular flexibility index (Phi) is 3.45. The molecule has 1 saturated heterocycles. The van der Waals surface area contributed by atoms with Crippen molar-refractivity contribution in [1.29, 1.82) is 0 Å². The van der Waals surface area contributed by atoms with Crippen molar-refractivity contribution in [3.63, 3.8) is 0 Å². The van der Waals surface area contributed by atoms with Gasteiger partial charge in [0, 0.05) is 19.6 Å². The van der Waals surface area contributed by atoms with E-state index in [4.69, 9.17) is 10.5 Å². The number of hydrogen-bond acceptors (Lipinski definition) is 4. The van der Waals surface area contributed by atoms with Crippen LogP contribution in [0.15, 0.2) is 24.3 Å². The van der Waals surface area contributed by atoms with E-state index >= 15 is 0 Å². The lowest BCUT2D eigenvalue weighted by Gasteiger charge is -2.31. The average molecular weight is 235 g/mol. The van der Waals surface area contributed by atoms with E-state index in [1.807, 2.05) is 6.07 Å². The number of ketones is 1. The van der Waals surface area contributed by atoms with Crippen molar-refractivity contribution < 1.29 is 14.6 Å². The van der Waals surface area contributed by atoms with Gasteiger partial charge in [0.1, 0.15) is 5.75 Å². The van der Waals surface area contributed by atoms with Gasteiger partial charge in [-0.15, -0.1) is 0 Å². The zero-order valence-electron chi connectivity index (χ0n) is 9.69. The van der Waals surface area contributed by atoms with E-state index in [2.05, 4.69) is 0 Å². The number of carbonyl (C=O) groups excluding carboxylic acids is 1. The molecule has 1 aromatic carbocycles. The van der Waals surface area contributed by atoms with Crippen LogP contribution in [0.4, 0.5) is 0 Å². The molecule has 0 radical (unpaired) electrons. The van der Waals surface area contributed by atoms with Crippen molar-refractivity contribution >= 4 is 5.78 Å². The first-order chi connectivity index (χ1) is 8.10. The number of nitrogens with two attached hydrogens (primary N) is 1. The fourth-order valence-corrected chi connectivity index (χ4v) is 2.04. The predicted octanol–water partition coefficient (Wildman–Crippen LogP) is 1.01. The molecule has 0 aliphatic carbocycles. The van der Waals surface area contributed by atoms with Crippen molar-refractivity contribution in [2.75, 3.05) is 13.2 Å². The highest BCUT2D eigenvalue weighted by Crippen LogP contribution is 2.21. The minimum atomic E-state index is -0.760. The Bertz CT molecular complexity index is 411. The maximum atomic E-state index is 12.1. The molecule has 0 aromatic heterocycles. The van der Waals surface area contributed by atoms with Crippen LogP contribution in [-0.2, 0) is 16.0 Å². The number of phenolic OH excluding ortho intramolecular Hbond substituents is 1. The van der Waals surface area contributed by atoms with Crippen LogP contribution in [0, 0.1) is 0 Å². The zero-order chi connectivity index (χ0) is 12.3. The molecule has 2 rings (SSSR count). The highest BCUT2D eigenvalue weighted by molar-refractivity contribution is 5.90. The predicted molar refractivity (Wildman–Crippen MR) is 63.8 cm³/mol. The Morgan fingerprint density at radius 1 is 1.41 bits per heavy atom. The molecule has 4 heteroatoms. The second-order valence-corrected chi connectivity index (χ2v) is 4.54.